The van der Waals surface area contributed by atoms with E-state index in [2.05, 4.69) is 33.2 Å². The molecule has 0 amide bonds. The topological polar surface area (TPSA) is 79.9 Å². The van der Waals surface area contributed by atoms with Gasteiger partial charge in [-0.3, -0.25) is 4.90 Å². The lowest BCUT2D eigenvalue weighted by atomic mass is 9.81. The Morgan fingerprint density at radius 3 is 2.60 bits per heavy atom. The van der Waals surface area contributed by atoms with Crippen molar-refractivity contribution in [2.45, 2.75) is 109 Å². The monoisotopic (exact) mass is 586 g/mol. The van der Waals surface area contributed by atoms with Crippen molar-refractivity contribution >= 4 is 23.0 Å². The number of fused-ring (bicyclic) bond motifs is 1. The minimum absolute atomic E-state index is 0.400. The number of benzene rings is 1. The summed E-state index contributed by atoms with van der Waals surface area (Å²) in [7, 11) is 0. The van der Waals surface area contributed by atoms with E-state index in [0.717, 1.165) is 37.5 Å². The Labute approximate surface area is 255 Å². The van der Waals surface area contributed by atoms with E-state index in [-0.39, 0.29) is 0 Å². The lowest BCUT2D eigenvalue weighted by molar-refractivity contribution is 0.125. The molecule has 3 heterocycles. The fraction of sp³-hybridized carbons (Fsp3) is 0.559. The number of nitrogens with two attached hydrogens (primary N) is 1. The van der Waals surface area contributed by atoms with Crippen LogP contribution in [0.4, 0.5) is 5.69 Å². The summed E-state index contributed by atoms with van der Waals surface area (Å²) in [6.45, 7) is 4.98. The molecule has 2 fully saturated rings. The molecule has 7 nitrogen and oxygen atoms in total. The number of ether oxygens (including phenoxy) is 1. The van der Waals surface area contributed by atoms with E-state index in [0.29, 0.717) is 29.8 Å². The maximum absolute atomic E-state index is 6.73. The van der Waals surface area contributed by atoms with Crippen LogP contribution in [0, 0.1) is 12.8 Å². The number of aromatic nitrogens is 2. The van der Waals surface area contributed by atoms with Crippen LogP contribution in [0.1, 0.15) is 93.3 Å². The quantitative estimate of drug-likeness (QED) is 0.245. The Balaban J connectivity index is 1.17. The molecule has 8 heteroatoms. The number of hydrogen-bond donors (Lipinski definition) is 1. The van der Waals surface area contributed by atoms with Crippen molar-refractivity contribution in [3.63, 3.8) is 0 Å². The molecule has 1 aliphatic heterocycles. The fourth-order valence-electron chi connectivity index (χ4n) is 7.32. The highest BCUT2D eigenvalue weighted by molar-refractivity contribution is 7.09. The van der Waals surface area contributed by atoms with Gasteiger partial charge in [-0.15, -0.1) is 11.3 Å². The van der Waals surface area contributed by atoms with Crippen LogP contribution in [0.15, 0.2) is 53.0 Å². The number of guanidine groups is 1. The molecule has 3 aliphatic rings. The summed E-state index contributed by atoms with van der Waals surface area (Å²) >= 11 is 1.77. The molecule has 1 aromatic carbocycles. The zero-order valence-electron chi connectivity index (χ0n) is 25.1. The molecule has 2 aromatic heterocycles. The van der Waals surface area contributed by atoms with E-state index in [1.165, 1.54) is 86.9 Å². The minimum atomic E-state index is 0.400. The van der Waals surface area contributed by atoms with Crippen LogP contribution in [0.5, 0.6) is 11.6 Å². The van der Waals surface area contributed by atoms with Crippen molar-refractivity contribution in [1.82, 2.24) is 19.8 Å². The van der Waals surface area contributed by atoms with Crippen molar-refractivity contribution < 1.29 is 4.74 Å². The third kappa shape index (κ3) is 7.32. The fourth-order valence-corrected chi connectivity index (χ4v) is 7.93. The van der Waals surface area contributed by atoms with E-state index in [9.17, 15) is 0 Å². The third-order valence-electron chi connectivity index (χ3n) is 9.44. The predicted molar refractivity (Wildman–Crippen MR) is 171 cm³/mol. The van der Waals surface area contributed by atoms with Crippen LogP contribution in [0.3, 0.4) is 0 Å². The molecule has 1 atom stereocenters. The van der Waals surface area contributed by atoms with Gasteiger partial charge in [-0.05, 0) is 82.2 Å². The Bertz CT molecular complexity index is 1310. The van der Waals surface area contributed by atoms with Crippen molar-refractivity contribution in [2.24, 2.45) is 16.6 Å². The molecule has 0 bridgehead atoms. The normalized spacial score (nSPS) is 19.0. The Kier molecular flexibility index (Phi) is 9.71. The van der Waals surface area contributed by atoms with Gasteiger partial charge in [0.05, 0.1) is 16.4 Å². The zero-order valence-corrected chi connectivity index (χ0v) is 25.9. The highest BCUT2D eigenvalue weighted by atomic mass is 32.1. The first-order valence-corrected chi connectivity index (χ1v) is 17.0. The van der Waals surface area contributed by atoms with Crippen LogP contribution >= 0.6 is 11.3 Å². The van der Waals surface area contributed by atoms with Gasteiger partial charge in [0.25, 0.3) is 0 Å². The van der Waals surface area contributed by atoms with Crippen molar-refractivity contribution in [3.05, 3.63) is 64.2 Å². The van der Waals surface area contributed by atoms with Gasteiger partial charge < -0.3 is 15.4 Å². The van der Waals surface area contributed by atoms with E-state index < -0.39 is 0 Å². The first-order chi connectivity index (χ1) is 20.6. The molecule has 0 radical (unpaired) electrons. The van der Waals surface area contributed by atoms with Gasteiger partial charge in [0.1, 0.15) is 5.75 Å². The average Bonchev–Trinajstić information content (AvgIpc) is 3.44. The Hall–Kier alpha value is -2.97. The maximum atomic E-state index is 6.73. The second-order valence-corrected chi connectivity index (χ2v) is 13.4. The van der Waals surface area contributed by atoms with Crippen molar-refractivity contribution in [2.75, 3.05) is 6.54 Å². The van der Waals surface area contributed by atoms with Gasteiger partial charge in [-0.1, -0.05) is 44.6 Å². The number of nitrogens with zero attached hydrogens (tertiary/aromatic N) is 5. The second-order valence-electron chi connectivity index (χ2n) is 12.4. The largest absolute Gasteiger partial charge is 0.439 e. The van der Waals surface area contributed by atoms with Crippen LogP contribution in [-0.4, -0.2) is 44.4 Å². The average molecular weight is 587 g/mol. The molecule has 2 saturated carbocycles. The first-order valence-electron chi connectivity index (χ1n) is 16.1. The molecule has 224 valence electrons. The lowest BCUT2D eigenvalue weighted by Crippen LogP contribution is -2.49. The third-order valence-corrected chi connectivity index (χ3v) is 10.3. The SMILES string of the molecule is Cc1nc(CN(CCC[C@@H](C2CCCCC2)N2Cc3cc(Oc4ccccn4)ccc3N=C2N)C2CCCCC2)cs1. The maximum Gasteiger partial charge on any atom is 0.219 e. The molecule has 0 spiro atoms. The van der Waals surface area contributed by atoms with Crippen LogP contribution in [0.2, 0.25) is 0 Å². The van der Waals surface area contributed by atoms with Crippen molar-refractivity contribution in [1.29, 1.82) is 0 Å². The molecule has 3 aromatic rings. The summed E-state index contributed by atoms with van der Waals surface area (Å²) < 4.78 is 6.06. The number of rotatable bonds is 11. The smallest absolute Gasteiger partial charge is 0.219 e. The van der Waals surface area contributed by atoms with E-state index >= 15 is 0 Å². The van der Waals surface area contributed by atoms with Gasteiger partial charge in [-0.2, -0.15) is 0 Å². The summed E-state index contributed by atoms with van der Waals surface area (Å²) in [5, 5.41) is 3.42. The van der Waals surface area contributed by atoms with Crippen LogP contribution < -0.4 is 10.5 Å². The molecule has 2 aliphatic carbocycles. The van der Waals surface area contributed by atoms with Gasteiger partial charge in [0.2, 0.25) is 5.88 Å². The van der Waals surface area contributed by atoms with Crippen LogP contribution in [0.25, 0.3) is 0 Å². The number of pyridine rings is 1. The van der Waals surface area contributed by atoms with Crippen molar-refractivity contribution in [3.8, 4) is 11.6 Å². The van der Waals surface area contributed by atoms with E-state index in [1.54, 1.807) is 17.5 Å². The summed E-state index contributed by atoms with van der Waals surface area (Å²) in [5.74, 6) is 2.71. The molecule has 6 rings (SSSR count). The van der Waals surface area contributed by atoms with Gasteiger partial charge in [0.15, 0.2) is 5.96 Å². The molecule has 42 heavy (non-hydrogen) atoms. The molecule has 0 unspecified atom stereocenters. The summed E-state index contributed by atoms with van der Waals surface area (Å²) in [6, 6.07) is 12.9. The number of aliphatic imine (C=N–C) groups is 1. The lowest BCUT2D eigenvalue weighted by Gasteiger charge is -2.42. The van der Waals surface area contributed by atoms with Gasteiger partial charge >= 0.3 is 0 Å². The predicted octanol–water partition coefficient (Wildman–Crippen LogP) is 7.96. The highest BCUT2D eigenvalue weighted by Gasteiger charge is 2.33. The minimum Gasteiger partial charge on any atom is -0.439 e. The summed E-state index contributed by atoms with van der Waals surface area (Å²) in [4.78, 5) is 19.2. The van der Waals surface area contributed by atoms with Gasteiger partial charge in [0, 0.05) is 48.4 Å². The second kappa shape index (κ2) is 14.0. The van der Waals surface area contributed by atoms with Crippen LogP contribution in [-0.2, 0) is 13.1 Å². The molecular weight excluding hydrogens is 540 g/mol. The standard InChI is InChI=1S/C34H46N6OS/c1-25-37-28(24-42-25)23-39(29-13-6-3-7-14-29)20-10-15-32(26-11-4-2-5-12-26)40-22-27-21-30(17-18-31(27)38-34(40)35)41-33-16-8-9-19-36-33/h8-9,16-19,21,24,26,29,32H,2-7,10-15,20,22-23H2,1H3,(H2,35,38)/t32-/m0/s1. The number of thiazole rings is 1. The molecule has 2 N–H and O–H groups in total. The zero-order chi connectivity index (χ0) is 28.7. The summed E-state index contributed by atoms with van der Waals surface area (Å²) in [6.07, 6.45) is 17.4. The number of hydrogen-bond acceptors (Lipinski definition) is 8. The molecular formula is C34H46N6OS. The molecule has 0 saturated heterocycles. The summed E-state index contributed by atoms with van der Waals surface area (Å²) in [5.41, 5.74) is 10.1. The Morgan fingerprint density at radius 2 is 1.86 bits per heavy atom. The van der Waals surface area contributed by atoms with Gasteiger partial charge in [-0.25, -0.2) is 15.0 Å². The van der Waals surface area contributed by atoms with E-state index in [4.69, 9.17) is 20.4 Å². The first kappa shape index (κ1) is 29.1. The number of aryl methyl sites for hydroxylation is 1. The highest BCUT2D eigenvalue weighted by Crippen LogP contribution is 2.37. The van der Waals surface area contributed by atoms with E-state index in [1.807, 2.05) is 30.3 Å². The Morgan fingerprint density at radius 1 is 1.05 bits per heavy atom.